The van der Waals surface area contributed by atoms with E-state index < -0.39 is 15.7 Å². The molecule has 0 N–H and O–H groups in total. The summed E-state index contributed by atoms with van der Waals surface area (Å²) in [6, 6.07) is 14.8. The van der Waals surface area contributed by atoms with Gasteiger partial charge in [-0.2, -0.15) is 17.8 Å². The Morgan fingerprint density at radius 2 is 1.68 bits per heavy atom. The molecule has 1 atom stereocenters. The summed E-state index contributed by atoms with van der Waals surface area (Å²) in [4.78, 5) is 0.179. The quantitative estimate of drug-likeness (QED) is 0.759. The molecule has 0 saturated heterocycles. The average molecular weight is 359 g/mol. The van der Waals surface area contributed by atoms with Gasteiger partial charge in [-0.15, -0.1) is 0 Å². The number of benzene rings is 2. The van der Waals surface area contributed by atoms with Crippen molar-refractivity contribution in [2.45, 2.75) is 57.0 Å². The highest BCUT2D eigenvalue weighted by Crippen LogP contribution is 2.40. The highest BCUT2D eigenvalue weighted by Gasteiger charge is 2.38. The zero-order valence-corrected chi connectivity index (χ0v) is 16.0. The van der Waals surface area contributed by atoms with Crippen LogP contribution in [0.4, 0.5) is 0 Å². The van der Waals surface area contributed by atoms with E-state index in [9.17, 15) is 8.42 Å². The van der Waals surface area contributed by atoms with Gasteiger partial charge in [0.2, 0.25) is 0 Å². The van der Waals surface area contributed by atoms with Crippen LogP contribution in [0.5, 0.6) is 0 Å². The third-order valence-corrected chi connectivity index (χ3v) is 5.74. The van der Waals surface area contributed by atoms with Crippen molar-refractivity contribution in [1.29, 1.82) is 0 Å². The van der Waals surface area contributed by atoms with Gasteiger partial charge in [-0.25, -0.2) is 0 Å². The van der Waals surface area contributed by atoms with Crippen LogP contribution in [0.15, 0.2) is 53.4 Å². The third-order valence-electron chi connectivity index (χ3n) is 4.53. The maximum atomic E-state index is 12.8. The molecule has 134 valence electrons. The molecule has 1 aliphatic rings. The van der Waals surface area contributed by atoms with Gasteiger partial charge in [0.15, 0.2) is 0 Å². The SMILES string of the molecule is Cc1ccc(S(=O)(=O)ON(C2CCc3ccccc32)C(C)(C)C)cc1. The molecule has 0 aliphatic heterocycles. The highest BCUT2D eigenvalue weighted by molar-refractivity contribution is 7.86. The minimum atomic E-state index is -3.87. The number of hydrogen-bond acceptors (Lipinski definition) is 4. The lowest BCUT2D eigenvalue weighted by atomic mass is 10.0. The molecule has 1 unspecified atom stereocenters. The first kappa shape index (κ1) is 18.1. The van der Waals surface area contributed by atoms with Gasteiger partial charge in [-0.05, 0) is 63.8 Å². The monoisotopic (exact) mass is 359 g/mol. The van der Waals surface area contributed by atoms with Gasteiger partial charge in [0.05, 0.1) is 10.9 Å². The van der Waals surface area contributed by atoms with Crippen molar-refractivity contribution < 1.29 is 12.7 Å². The summed E-state index contributed by atoms with van der Waals surface area (Å²) in [5.41, 5.74) is 2.96. The Kier molecular flexibility index (Phi) is 4.75. The number of nitrogens with zero attached hydrogens (tertiary/aromatic N) is 1. The van der Waals surface area contributed by atoms with Gasteiger partial charge in [0.25, 0.3) is 0 Å². The fourth-order valence-electron chi connectivity index (χ4n) is 3.26. The van der Waals surface area contributed by atoms with E-state index in [2.05, 4.69) is 12.1 Å². The zero-order chi connectivity index (χ0) is 18.2. The van der Waals surface area contributed by atoms with E-state index in [0.717, 1.165) is 24.0 Å². The molecule has 0 saturated carbocycles. The first-order valence-corrected chi connectivity index (χ1v) is 9.98. The molecular weight excluding hydrogens is 334 g/mol. The minimum absolute atomic E-state index is 0.0728. The summed E-state index contributed by atoms with van der Waals surface area (Å²) in [6.45, 7) is 7.84. The van der Waals surface area contributed by atoms with Crippen LogP contribution in [0, 0.1) is 6.92 Å². The van der Waals surface area contributed by atoms with Crippen LogP contribution in [0.1, 0.15) is 49.9 Å². The topological polar surface area (TPSA) is 46.6 Å². The van der Waals surface area contributed by atoms with Gasteiger partial charge < -0.3 is 0 Å². The fraction of sp³-hybridized carbons (Fsp3) is 0.400. The maximum Gasteiger partial charge on any atom is 0.313 e. The normalized spacial score (nSPS) is 17.7. The lowest BCUT2D eigenvalue weighted by molar-refractivity contribution is -0.155. The van der Waals surface area contributed by atoms with Crippen LogP contribution in [-0.4, -0.2) is 19.0 Å². The molecule has 4 nitrogen and oxygen atoms in total. The van der Waals surface area contributed by atoms with E-state index in [1.807, 2.05) is 39.8 Å². The first-order chi connectivity index (χ1) is 11.7. The molecule has 1 aliphatic carbocycles. The van der Waals surface area contributed by atoms with Crippen LogP contribution in [-0.2, 0) is 20.8 Å². The number of hydrogen-bond donors (Lipinski definition) is 0. The zero-order valence-electron chi connectivity index (χ0n) is 15.2. The van der Waals surface area contributed by atoms with Crippen LogP contribution in [0.2, 0.25) is 0 Å². The van der Waals surface area contributed by atoms with Crippen LogP contribution in [0.3, 0.4) is 0 Å². The maximum absolute atomic E-state index is 12.8. The van der Waals surface area contributed by atoms with Crippen LogP contribution < -0.4 is 0 Å². The van der Waals surface area contributed by atoms with Crippen molar-refractivity contribution in [2.24, 2.45) is 0 Å². The number of aryl methyl sites for hydroxylation is 2. The molecule has 5 heteroatoms. The van der Waals surface area contributed by atoms with Gasteiger partial charge in [-0.1, -0.05) is 42.0 Å². The van der Waals surface area contributed by atoms with E-state index in [4.69, 9.17) is 4.28 Å². The second kappa shape index (κ2) is 6.56. The molecule has 2 aromatic carbocycles. The predicted molar refractivity (Wildman–Crippen MR) is 98.5 cm³/mol. The molecule has 0 radical (unpaired) electrons. The predicted octanol–water partition coefficient (Wildman–Crippen LogP) is 4.40. The Morgan fingerprint density at radius 3 is 2.32 bits per heavy atom. The molecular formula is C20H25NO3S. The number of rotatable bonds is 4. The van der Waals surface area contributed by atoms with E-state index in [-0.39, 0.29) is 10.9 Å². The molecule has 0 fully saturated rings. The second-order valence-corrected chi connectivity index (χ2v) is 9.12. The van der Waals surface area contributed by atoms with E-state index in [1.165, 1.54) is 5.56 Å². The summed E-state index contributed by atoms with van der Waals surface area (Å²) in [6.07, 6.45) is 1.78. The first-order valence-electron chi connectivity index (χ1n) is 8.57. The fourth-order valence-corrected chi connectivity index (χ4v) is 4.36. The molecule has 3 rings (SSSR count). The van der Waals surface area contributed by atoms with Crippen molar-refractivity contribution in [1.82, 2.24) is 5.06 Å². The van der Waals surface area contributed by atoms with Gasteiger partial charge >= 0.3 is 10.1 Å². The summed E-state index contributed by atoms with van der Waals surface area (Å²) in [5, 5.41) is 1.65. The minimum Gasteiger partial charge on any atom is -0.192 e. The molecule has 25 heavy (non-hydrogen) atoms. The Labute approximate surface area is 150 Å². The van der Waals surface area contributed by atoms with Crippen molar-refractivity contribution in [3.05, 3.63) is 65.2 Å². The summed E-state index contributed by atoms with van der Waals surface area (Å²) in [7, 11) is -3.87. The lowest BCUT2D eigenvalue weighted by Crippen LogP contribution is -2.44. The summed E-state index contributed by atoms with van der Waals surface area (Å²) >= 11 is 0. The van der Waals surface area contributed by atoms with Crippen molar-refractivity contribution in [3.8, 4) is 0 Å². The Balaban J connectivity index is 1.94. The van der Waals surface area contributed by atoms with Crippen molar-refractivity contribution in [3.63, 3.8) is 0 Å². The molecule has 0 aromatic heterocycles. The van der Waals surface area contributed by atoms with Gasteiger partial charge in [0, 0.05) is 5.54 Å². The molecule has 0 spiro atoms. The van der Waals surface area contributed by atoms with E-state index in [0.29, 0.717) is 0 Å². The number of hydroxylamine groups is 2. The summed E-state index contributed by atoms with van der Waals surface area (Å²) in [5.74, 6) is 0. The molecule has 2 aromatic rings. The third kappa shape index (κ3) is 3.78. The number of fused-ring (bicyclic) bond motifs is 1. The highest BCUT2D eigenvalue weighted by atomic mass is 32.2. The molecule has 0 amide bonds. The Bertz CT molecular complexity index is 851. The smallest absolute Gasteiger partial charge is 0.192 e. The molecule has 0 heterocycles. The standard InChI is InChI=1S/C20H25NO3S/c1-15-9-12-17(13-10-15)25(22,23)24-21(20(2,3)4)19-14-11-16-7-5-6-8-18(16)19/h5-10,12-13,19H,11,14H2,1-4H3. The molecule has 0 bridgehead atoms. The average Bonchev–Trinajstić information content (AvgIpc) is 2.96. The van der Waals surface area contributed by atoms with Crippen LogP contribution in [0.25, 0.3) is 0 Å². The van der Waals surface area contributed by atoms with Gasteiger partial charge in [0.1, 0.15) is 0 Å². The van der Waals surface area contributed by atoms with E-state index in [1.54, 1.807) is 29.3 Å². The largest absolute Gasteiger partial charge is 0.313 e. The van der Waals surface area contributed by atoms with Gasteiger partial charge in [-0.3, -0.25) is 0 Å². The Morgan fingerprint density at radius 1 is 1.04 bits per heavy atom. The Hall–Kier alpha value is -1.69. The second-order valence-electron chi connectivity index (χ2n) is 7.59. The summed E-state index contributed by atoms with van der Waals surface area (Å²) < 4.78 is 31.3. The lowest BCUT2D eigenvalue weighted by Gasteiger charge is -2.38. The van der Waals surface area contributed by atoms with Crippen molar-refractivity contribution in [2.75, 3.05) is 0 Å². The van der Waals surface area contributed by atoms with Crippen LogP contribution >= 0.6 is 0 Å². The van der Waals surface area contributed by atoms with E-state index >= 15 is 0 Å². The van der Waals surface area contributed by atoms with Crippen molar-refractivity contribution >= 4 is 10.1 Å².